The van der Waals surface area contributed by atoms with Gasteiger partial charge in [0.25, 0.3) is 0 Å². The predicted molar refractivity (Wildman–Crippen MR) is 70.7 cm³/mol. The second-order valence-corrected chi connectivity index (χ2v) is 3.83. The monoisotopic (exact) mass is 463 g/mol. The van der Waals surface area contributed by atoms with Crippen molar-refractivity contribution in [2.45, 2.75) is 0 Å². The summed E-state index contributed by atoms with van der Waals surface area (Å²) in [5, 5.41) is 0. The van der Waals surface area contributed by atoms with E-state index in [1.807, 2.05) is 48.5 Å². The molecular weight excluding hydrogens is 453 g/mol. The van der Waals surface area contributed by atoms with Crippen LogP contribution in [-0.4, -0.2) is 15.0 Å². The average molecular weight is 464 g/mol. The molecule has 0 spiro atoms. The molecule has 3 aromatic heterocycles. The molecule has 0 aliphatic rings. The van der Waals surface area contributed by atoms with Gasteiger partial charge in [0.15, 0.2) is 0 Å². The molecule has 2 radical (unpaired) electrons. The molecule has 0 saturated carbocycles. The zero-order chi connectivity index (χ0) is 12.2. The van der Waals surface area contributed by atoms with Crippen molar-refractivity contribution in [2.24, 2.45) is 0 Å². The second kappa shape index (κ2) is 7.88. The molecule has 5 heteroatoms. The number of hydrogen-bond acceptors (Lipinski definition) is 3. The van der Waals surface area contributed by atoms with Gasteiger partial charge in [-0.3, -0.25) is 15.0 Å². The van der Waals surface area contributed by atoms with E-state index in [-0.39, 0.29) is 33.5 Å². The van der Waals surface area contributed by atoms with Crippen molar-refractivity contribution in [2.75, 3.05) is 0 Å². The minimum absolute atomic E-state index is 0. The molecule has 0 aliphatic heterocycles. The van der Waals surface area contributed by atoms with Gasteiger partial charge < -0.3 is 0 Å². The molecule has 0 aromatic carbocycles. The predicted octanol–water partition coefficient (Wildman–Crippen LogP) is 3.20. The molecule has 3 aromatic rings. The average Bonchev–Trinajstić information content (AvgIpc) is 2.49. The van der Waals surface area contributed by atoms with E-state index < -0.39 is 0 Å². The van der Waals surface area contributed by atoms with Crippen molar-refractivity contribution < 1.29 is 33.5 Å². The fraction of sp³-hybridized carbons (Fsp3) is 0. The SMILES string of the molecule is [Cl+].[Pt+2].c1ccc(-c2cccnc2-c2ccccn2)nc1. The molecule has 0 amide bonds. The van der Waals surface area contributed by atoms with E-state index in [4.69, 9.17) is 0 Å². The Bertz CT molecular complexity index is 589. The summed E-state index contributed by atoms with van der Waals surface area (Å²) in [6.07, 6.45) is 5.33. The Kier molecular flexibility index (Phi) is 6.50. The van der Waals surface area contributed by atoms with Crippen molar-refractivity contribution in [1.29, 1.82) is 0 Å². The fourth-order valence-corrected chi connectivity index (χ4v) is 1.84. The van der Waals surface area contributed by atoms with Crippen molar-refractivity contribution in [3.05, 3.63) is 67.1 Å². The number of halogens is 1. The summed E-state index contributed by atoms with van der Waals surface area (Å²) in [6.45, 7) is 0. The summed E-state index contributed by atoms with van der Waals surface area (Å²) >= 11 is 0. The van der Waals surface area contributed by atoms with Gasteiger partial charge in [-0.05, 0) is 36.4 Å². The normalized spacial score (nSPS) is 9.20. The van der Waals surface area contributed by atoms with Crippen LogP contribution in [0.15, 0.2) is 67.1 Å². The molecule has 0 N–H and O–H groups in total. The van der Waals surface area contributed by atoms with E-state index in [1.165, 1.54) is 0 Å². The van der Waals surface area contributed by atoms with Gasteiger partial charge in [0.2, 0.25) is 0 Å². The molecule has 0 bridgehead atoms. The Balaban J connectivity index is 0.000001000. The minimum Gasteiger partial charge on any atom is -0.256 e. The van der Waals surface area contributed by atoms with Gasteiger partial charge >= 0.3 is 33.5 Å². The maximum atomic E-state index is 4.42. The molecule has 0 atom stereocenters. The smallest absolute Gasteiger partial charge is 0.256 e. The molecule has 3 heterocycles. The second-order valence-electron chi connectivity index (χ2n) is 3.83. The van der Waals surface area contributed by atoms with Crippen molar-refractivity contribution in [3.8, 4) is 22.6 Å². The fourth-order valence-electron chi connectivity index (χ4n) is 1.84. The summed E-state index contributed by atoms with van der Waals surface area (Å²) in [7, 11) is 0. The quantitative estimate of drug-likeness (QED) is 0.586. The van der Waals surface area contributed by atoms with Crippen LogP contribution >= 0.6 is 0 Å². The van der Waals surface area contributed by atoms with Crippen LogP contribution < -0.4 is 0 Å². The summed E-state index contributed by atoms with van der Waals surface area (Å²) in [4.78, 5) is 13.1. The number of aromatic nitrogens is 3. The summed E-state index contributed by atoms with van der Waals surface area (Å²) in [6, 6.07) is 15.6. The number of pyridine rings is 3. The number of hydrogen-bond donors (Lipinski definition) is 0. The standard InChI is InChI=1S/C15H11N3.Cl.Pt/c1-3-9-16-13(7-1)12-6-5-11-18-15(12)14-8-2-4-10-17-14;;/h1-11H;;/q;+1;+2. The van der Waals surface area contributed by atoms with Crippen LogP contribution in [0.25, 0.3) is 22.6 Å². The van der Waals surface area contributed by atoms with Crippen LogP contribution in [0, 0.1) is 12.4 Å². The molecule has 3 nitrogen and oxygen atoms in total. The van der Waals surface area contributed by atoms with E-state index >= 15 is 0 Å². The van der Waals surface area contributed by atoms with Crippen LogP contribution in [-0.2, 0) is 21.1 Å². The third-order valence-corrected chi connectivity index (χ3v) is 2.66. The molecule has 20 heavy (non-hydrogen) atoms. The van der Waals surface area contributed by atoms with Crippen molar-refractivity contribution in [1.82, 2.24) is 15.0 Å². The van der Waals surface area contributed by atoms with Gasteiger partial charge in [0, 0.05) is 24.2 Å². The molecule has 0 saturated heterocycles. The molecule has 0 fully saturated rings. The zero-order valence-electron chi connectivity index (χ0n) is 10.4. The Morgan fingerprint density at radius 3 is 1.80 bits per heavy atom. The van der Waals surface area contributed by atoms with E-state index in [2.05, 4.69) is 15.0 Å². The molecular formula is C15H11ClN3Pt+3. The summed E-state index contributed by atoms with van der Waals surface area (Å²) in [5.74, 6) is 0. The van der Waals surface area contributed by atoms with Gasteiger partial charge in [-0.25, -0.2) is 0 Å². The van der Waals surface area contributed by atoms with Crippen LogP contribution in [0.5, 0.6) is 0 Å². The maximum absolute atomic E-state index is 4.42. The van der Waals surface area contributed by atoms with Gasteiger partial charge in [-0.2, -0.15) is 0 Å². The first-order valence-electron chi connectivity index (χ1n) is 5.73. The van der Waals surface area contributed by atoms with E-state index in [0.29, 0.717) is 0 Å². The van der Waals surface area contributed by atoms with Crippen molar-refractivity contribution >= 4 is 0 Å². The third-order valence-electron chi connectivity index (χ3n) is 2.66. The van der Waals surface area contributed by atoms with Gasteiger partial charge in [0.1, 0.15) is 0 Å². The third kappa shape index (κ3) is 3.50. The van der Waals surface area contributed by atoms with Crippen molar-refractivity contribution in [3.63, 3.8) is 0 Å². The van der Waals surface area contributed by atoms with Gasteiger partial charge in [-0.1, -0.05) is 12.1 Å². The Labute approximate surface area is 138 Å². The Morgan fingerprint density at radius 2 is 1.20 bits per heavy atom. The summed E-state index contributed by atoms with van der Waals surface area (Å²) < 4.78 is 0. The van der Waals surface area contributed by atoms with Crippen LogP contribution in [0.3, 0.4) is 0 Å². The maximum Gasteiger partial charge on any atom is 2.00 e. The van der Waals surface area contributed by atoms with Crippen LogP contribution in [0.1, 0.15) is 0 Å². The van der Waals surface area contributed by atoms with E-state index in [0.717, 1.165) is 22.6 Å². The number of nitrogens with zero attached hydrogens (tertiary/aromatic N) is 3. The Hall–Kier alpha value is -1.57. The molecule has 100 valence electrons. The van der Waals surface area contributed by atoms with Crippen LogP contribution in [0.4, 0.5) is 0 Å². The van der Waals surface area contributed by atoms with Crippen LogP contribution in [0.2, 0.25) is 0 Å². The first-order valence-corrected chi connectivity index (χ1v) is 5.73. The largest absolute Gasteiger partial charge is 2.00 e. The molecule has 0 aliphatic carbocycles. The van der Waals surface area contributed by atoms with E-state index in [9.17, 15) is 0 Å². The molecule has 0 unspecified atom stereocenters. The Morgan fingerprint density at radius 1 is 0.600 bits per heavy atom. The molecule has 3 rings (SSSR count). The van der Waals surface area contributed by atoms with Gasteiger partial charge in [0.05, 0.1) is 17.1 Å². The minimum atomic E-state index is 0. The first-order chi connectivity index (χ1) is 8.95. The summed E-state index contributed by atoms with van der Waals surface area (Å²) in [5.41, 5.74) is 3.62. The zero-order valence-corrected chi connectivity index (χ0v) is 13.4. The number of rotatable bonds is 2. The topological polar surface area (TPSA) is 38.7 Å². The van der Waals surface area contributed by atoms with E-state index in [1.54, 1.807) is 18.6 Å². The van der Waals surface area contributed by atoms with Gasteiger partial charge in [-0.15, -0.1) is 0 Å². The first kappa shape index (κ1) is 16.5.